The third-order valence-electron chi connectivity index (χ3n) is 4.79. The van der Waals surface area contributed by atoms with Crippen LogP contribution < -0.4 is 16.8 Å². The second-order valence-corrected chi connectivity index (χ2v) is 5.95. The molecule has 102 valence electrons. The van der Waals surface area contributed by atoms with Crippen LogP contribution in [-0.2, 0) is 0 Å². The lowest BCUT2D eigenvalue weighted by atomic mass is 9.89. The van der Waals surface area contributed by atoms with Gasteiger partial charge in [0, 0.05) is 6.54 Å². The van der Waals surface area contributed by atoms with Crippen LogP contribution in [0, 0.1) is 17.8 Å². The maximum absolute atomic E-state index is 11.4. The fraction of sp³-hybridized carbons (Fsp3) is 0.533. The first-order valence-corrected chi connectivity index (χ1v) is 7.07. The monoisotopic (exact) mass is 259 g/mol. The molecule has 2 aliphatic rings. The van der Waals surface area contributed by atoms with E-state index >= 15 is 0 Å². The molecule has 3 atom stereocenters. The van der Waals surface area contributed by atoms with E-state index in [1.54, 1.807) is 18.2 Å². The number of nitrogens with two attached hydrogens (primary N) is 2. The van der Waals surface area contributed by atoms with Crippen molar-refractivity contribution in [1.82, 2.24) is 0 Å². The molecule has 0 spiro atoms. The molecule has 3 unspecified atom stereocenters. The largest absolute Gasteiger partial charge is 0.397 e. The molecule has 0 aromatic heterocycles. The molecule has 2 bridgehead atoms. The molecular weight excluding hydrogens is 238 g/mol. The predicted octanol–water partition coefficient (Wildman–Crippen LogP) is 2.22. The zero-order valence-electron chi connectivity index (χ0n) is 11.1. The van der Waals surface area contributed by atoms with Crippen LogP contribution in [0.3, 0.4) is 0 Å². The van der Waals surface area contributed by atoms with Crippen LogP contribution in [0.4, 0.5) is 11.4 Å². The highest BCUT2D eigenvalue weighted by Crippen LogP contribution is 2.48. The summed E-state index contributed by atoms with van der Waals surface area (Å²) in [6.07, 6.45) is 5.47. The Balaban J connectivity index is 1.71. The fourth-order valence-corrected chi connectivity index (χ4v) is 3.83. The Hall–Kier alpha value is -1.71. The highest BCUT2D eigenvalue weighted by Gasteiger charge is 2.39. The van der Waals surface area contributed by atoms with Gasteiger partial charge in [0.05, 0.1) is 16.9 Å². The Labute approximate surface area is 113 Å². The zero-order valence-corrected chi connectivity index (χ0v) is 11.1. The van der Waals surface area contributed by atoms with Crippen LogP contribution in [0.25, 0.3) is 0 Å². The van der Waals surface area contributed by atoms with E-state index in [0.717, 1.165) is 24.3 Å². The number of primary amides is 1. The number of nitrogen functional groups attached to an aromatic ring is 1. The number of hydrogen-bond acceptors (Lipinski definition) is 3. The summed E-state index contributed by atoms with van der Waals surface area (Å²) in [5.74, 6) is 2.09. The first kappa shape index (κ1) is 12.3. The van der Waals surface area contributed by atoms with Gasteiger partial charge in [-0.25, -0.2) is 0 Å². The SMILES string of the molecule is NC(=O)c1cccc(N)c1NCC1CC2CCC1C2. The molecule has 0 radical (unpaired) electrons. The van der Waals surface area contributed by atoms with Gasteiger partial charge in [-0.05, 0) is 49.1 Å². The van der Waals surface area contributed by atoms with Crippen molar-refractivity contribution in [3.8, 4) is 0 Å². The Bertz CT molecular complexity index is 500. The van der Waals surface area contributed by atoms with E-state index in [1.165, 1.54) is 25.7 Å². The van der Waals surface area contributed by atoms with Crippen LogP contribution >= 0.6 is 0 Å². The van der Waals surface area contributed by atoms with Crippen molar-refractivity contribution < 1.29 is 4.79 Å². The van der Waals surface area contributed by atoms with Crippen molar-refractivity contribution in [3.63, 3.8) is 0 Å². The first-order chi connectivity index (χ1) is 9.15. The number of hydrogen-bond donors (Lipinski definition) is 3. The standard InChI is InChI=1S/C15H21N3O/c16-13-3-1-2-12(15(17)19)14(13)18-8-11-7-9-4-5-10(11)6-9/h1-3,9-11,18H,4-8,16H2,(H2,17,19). The maximum Gasteiger partial charge on any atom is 0.250 e. The van der Waals surface area contributed by atoms with Gasteiger partial charge >= 0.3 is 0 Å². The number of nitrogens with one attached hydrogen (secondary N) is 1. The van der Waals surface area contributed by atoms with Gasteiger partial charge < -0.3 is 16.8 Å². The molecule has 4 nitrogen and oxygen atoms in total. The van der Waals surface area contributed by atoms with Gasteiger partial charge in [-0.3, -0.25) is 4.79 Å². The third kappa shape index (κ3) is 2.27. The van der Waals surface area contributed by atoms with Crippen molar-refractivity contribution in [2.24, 2.45) is 23.5 Å². The number of rotatable bonds is 4. The van der Waals surface area contributed by atoms with E-state index in [-0.39, 0.29) is 0 Å². The molecule has 2 aliphatic carbocycles. The third-order valence-corrected chi connectivity index (χ3v) is 4.79. The van der Waals surface area contributed by atoms with Gasteiger partial charge in [-0.2, -0.15) is 0 Å². The van der Waals surface area contributed by atoms with E-state index in [9.17, 15) is 4.79 Å². The zero-order chi connectivity index (χ0) is 13.4. The van der Waals surface area contributed by atoms with Crippen LogP contribution in [0.1, 0.15) is 36.0 Å². The van der Waals surface area contributed by atoms with Crippen LogP contribution in [0.2, 0.25) is 0 Å². The number of benzene rings is 1. The Kier molecular flexibility index (Phi) is 3.09. The molecule has 1 aromatic carbocycles. The molecule has 0 saturated heterocycles. The molecule has 5 N–H and O–H groups in total. The summed E-state index contributed by atoms with van der Waals surface area (Å²) < 4.78 is 0. The minimum absolute atomic E-state index is 0.428. The average Bonchev–Trinajstić information content (AvgIpc) is 2.99. The minimum atomic E-state index is -0.428. The van der Waals surface area contributed by atoms with Gasteiger partial charge in [-0.15, -0.1) is 0 Å². The van der Waals surface area contributed by atoms with E-state index in [1.807, 2.05) is 0 Å². The van der Waals surface area contributed by atoms with Crippen molar-refractivity contribution in [1.29, 1.82) is 0 Å². The molecular formula is C15H21N3O. The molecule has 0 heterocycles. The van der Waals surface area contributed by atoms with Gasteiger partial charge in [0.25, 0.3) is 5.91 Å². The second-order valence-electron chi connectivity index (χ2n) is 5.95. The minimum Gasteiger partial charge on any atom is -0.397 e. The first-order valence-electron chi connectivity index (χ1n) is 7.07. The maximum atomic E-state index is 11.4. The summed E-state index contributed by atoms with van der Waals surface area (Å²) in [4.78, 5) is 11.4. The van der Waals surface area contributed by atoms with Crippen LogP contribution in [0.5, 0.6) is 0 Å². The molecule has 1 aromatic rings. The number of amides is 1. The van der Waals surface area contributed by atoms with Crippen LogP contribution in [-0.4, -0.2) is 12.5 Å². The lowest BCUT2D eigenvalue weighted by molar-refractivity contribution is 0.100. The lowest BCUT2D eigenvalue weighted by Crippen LogP contribution is -2.22. The van der Waals surface area contributed by atoms with Crippen molar-refractivity contribution in [2.45, 2.75) is 25.7 Å². The van der Waals surface area contributed by atoms with Crippen molar-refractivity contribution >= 4 is 17.3 Å². The molecule has 1 amide bonds. The highest BCUT2D eigenvalue weighted by atomic mass is 16.1. The topological polar surface area (TPSA) is 81.1 Å². The quantitative estimate of drug-likeness (QED) is 0.725. The van der Waals surface area contributed by atoms with E-state index < -0.39 is 5.91 Å². The summed E-state index contributed by atoms with van der Waals surface area (Å²) in [6.45, 7) is 0.898. The van der Waals surface area contributed by atoms with Gasteiger partial charge in [0.1, 0.15) is 0 Å². The number of anilines is 2. The van der Waals surface area contributed by atoms with E-state index in [4.69, 9.17) is 11.5 Å². The van der Waals surface area contributed by atoms with Gasteiger partial charge in [0.2, 0.25) is 0 Å². The molecule has 4 heteroatoms. The Morgan fingerprint density at radius 2 is 2.16 bits per heavy atom. The van der Waals surface area contributed by atoms with E-state index in [2.05, 4.69) is 5.32 Å². The average molecular weight is 259 g/mol. The molecule has 2 fully saturated rings. The number of carbonyl (C=O) groups excluding carboxylic acids is 1. The molecule has 3 rings (SSSR count). The summed E-state index contributed by atoms with van der Waals surface area (Å²) in [5.41, 5.74) is 13.1. The Morgan fingerprint density at radius 3 is 2.79 bits per heavy atom. The smallest absolute Gasteiger partial charge is 0.250 e. The summed E-state index contributed by atoms with van der Waals surface area (Å²) >= 11 is 0. The Morgan fingerprint density at radius 1 is 1.32 bits per heavy atom. The second kappa shape index (κ2) is 4.76. The number of carbonyl (C=O) groups is 1. The normalized spacial score (nSPS) is 28.5. The van der Waals surface area contributed by atoms with Gasteiger partial charge in [0.15, 0.2) is 0 Å². The molecule has 2 saturated carbocycles. The number of fused-ring (bicyclic) bond motifs is 2. The van der Waals surface area contributed by atoms with Crippen molar-refractivity contribution in [3.05, 3.63) is 23.8 Å². The molecule has 0 aliphatic heterocycles. The summed E-state index contributed by atoms with van der Waals surface area (Å²) in [7, 11) is 0. The van der Waals surface area contributed by atoms with E-state index in [0.29, 0.717) is 16.9 Å². The van der Waals surface area contributed by atoms with Gasteiger partial charge in [-0.1, -0.05) is 12.5 Å². The number of para-hydroxylation sites is 1. The lowest BCUT2D eigenvalue weighted by Gasteiger charge is -2.23. The fourth-order valence-electron chi connectivity index (χ4n) is 3.83. The van der Waals surface area contributed by atoms with Crippen molar-refractivity contribution in [2.75, 3.05) is 17.6 Å². The molecule has 19 heavy (non-hydrogen) atoms. The van der Waals surface area contributed by atoms with Crippen LogP contribution in [0.15, 0.2) is 18.2 Å². The highest BCUT2D eigenvalue weighted by molar-refractivity contribution is 6.01. The summed E-state index contributed by atoms with van der Waals surface area (Å²) in [6, 6.07) is 5.29. The summed E-state index contributed by atoms with van der Waals surface area (Å²) in [5, 5.41) is 3.36. The predicted molar refractivity (Wildman–Crippen MR) is 76.8 cm³/mol.